The maximum absolute atomic E-state index is 13.1. The van der Waals surface area contributed by atoms with Gasteiger partial charge in [0.1, 0.15) is 0 Å². The number of hydrogen-bond acceptors (Lipinski definition) is 2. The van der Waals surface area contributed by atoms with Crippen LogP contribution < -0.4 is 10.6 Å². The summed E-state index contributed by atoms with van der Waals surface area (Å²) in [4.78, 5) is 24.8. The molecule has 0 aliphatic heterocycles. The van der Waals surface area contributed by atoms with Crippen LogP contribution in [0.25, 0.3) is 0 Å². The van der Waals surface area contributed by atoms with Gasteiger partial charge in [-0.25, -0.2) is 0 Å². The lowest BCUT2D eigenvalue weighted by molar-refractivity contribution is -0.162. The molecule has 2 aromatic carbocycles. The van der Waals surface area contributed by atoms with Crippen molar-refractivity contribution < 1.29 is 62.3 Å². The molecule has 38 heavy (non-hydrogen) atoms. The van der Waals surface area contributed by atoms with Crippen LogP contribution in [0, 0.1) is 5.41 Å². The van der Waals surface area contributed by atoms with Gasteiger partial charge in [-0.1, -0.05) is 13.8 Å². The number of halogens is 12. The van der Waals surface area contributed by atoms with Crippen LogP contribution in [0.5, 0.6) is 0 Å². The summed E-state index contributed by atoms with van der Waals surface area (Å²) in [6, 6.07) is 1.36. The van der Waals surface area contributed by atoms with E-state index in [1.807, 2.05) is 10.6 Å². The number of amides is 2. The fourth-order valence-corrected chi connectivity index (χ4v) is 3.19. The van der Waals surface area contributed by atoms with E-state index in [1.54, 1.807) is 0 Å². The monoisotopic (exact) mass is 568 g/mol. The first kappa shape index (κ1) is 30.8. The number of alkyl halides is 12. The van der Waals surface area contributed by atoms with Crippen LogP contribution in [0.15, 0.2) is 36.4 Å². The highest BCUT2D eigenvalue weighted by molar-refractivity contribution is 6.00. The first-order valence-corrected chi connectivity index (χ1v) is 10.1. The lowest BCUT2D eigenvalue weighted by Crippen LogP contribution is -2.34. The molecule has 0 spiro atoms. The van der Waals surface area contributed by atoms with Gasteiger partial charge in [-0.3, -0.25) is 9.59 Å². The van der Waals surface area contributed by atoms with Crippen molar-refractivity contribution in [3.05, 3.63) is 58.7 Å². The highest BCUT2D eigenvalue weighted by atomic mass is 19.4. The smallest absolute Gasteiger partial charge is 0.326 e. The van der Waals surface area contributed by atoms with Gasteiger partial charge in [0.15, 0.2) is 0 Å². The average molecular weight is 568 g/mol. The number of anilines is 2. The number of carbonyl (C=O) groups excluding carboxylic acids is 2. The zero-order valence-electron chi connectivity index (χ0n) is 19.0. The van der Waals surface area contributed by atoms with E-state index >= 15 is 0 Å². The third-order valence-electron chi connectivity index (χ3n) is 5.02. The van der Waals surface area contributed by atoms with E-state index in [-0.39, 0.29) is 24.3 Å². The van der Waals surface area contributed by atoms with Crippen LogP contribution in [0.2, 0.25) is 0 Å². The number of rotatable bonds is 5. The molecular formula is C22H16F12N2O2. The molecule has 0 unspecified atom stereocenters. The van der Waals surface area contributed by atoms with Crippen molar-refractivity contribution in [3.8, 4) is 0 Å². The topological polar surface area (TPSA) is 58.2 Å². The van der Waals surface area contributed by atoms with Crippen molar-refractivity contribution in [2.24, 2.45) is 5.41 Å². The largest absolute Gasteiger partial charge is 0.417 e. The number of benzene rings is 2. The van der Waals surface area contributed by atoms with Crippen molar-refractivity contribution in [2.75, 3.05) is 10.6 Å². The van der Waals surface area contributed by atoms with E-state index in [1.165, 1.54) is 0 Å². The van der Waals surface area contributed by atoms with Crippen LogP contribution in [-0.2, 0) is 34.3 Å². The third-order valence-corrected chi connectivity index (χ3v) is 5.02. The molecule has 16 heteroatoms. The van der Waals surface area contributed by atoms with Gasteiger partial charge >= 0.3 is 24.7 Å². The van der Waals surface area contributed by atoms with Gasteiger partial charge in [0.25, 0.3) is 0 Å². The first-order chi connectivity index (χ1) is 16.9. The first-order valence-electron chi connectivity index (χ1n) is 10.1. The van der Waals surface area contributed by atoms with Crippen LogP contribution in [0.1, 0.15) is 42.5 Å². The van der Waals surface area contributed by atoms with Crippen LogP contribution >= 0.6 is 0 Å². The highest BCUT2D eigenvalue weighted by Crippen LogP contribution is 2.43. The minimum Gasteiger partial charge on any atom is -0.326 e. The lowest BCUT2D eigenvalue weighted by atomic mass is 9.87. The average Bonchev–Trinajstić information content (AvgIpc) is 2.70. The minimum atomic E-state index is -5.43. The summed E-state index contributed by atoms with van der Waals surface area (Å²) in [6.07, 6.45) is -22.4. The van der Waals surface area contributed by atoms with Gasteiger partial charge in [0.2, 0.25) is 11.8 Å². The van der Waals surface area contributed by atoms with Gasteiger partial charge in [-0.2, -0.15) is 52.7 Å². The molecule has 4 nitrogen and oxygen atoms in total. The second-order valence-electron chi connectivity index (χ2n) is 8.57. The van der Waals surface area contributed by atoms with Crippen LogP contribution in [0.4, 0.5) is 64.1 Å². The Morgan fingerprint density at radius 2 is 0.921 bits per heavy atom. The second kappa shape index (κ2) is 10.0. The molecule has 2 aromatic rings. The molecule has 2 amide bonds. The maximum atomic E-state index is 13.1. The van der Waals surface area contributed by atoms with Crippen molar-refractivity contribution in [3.63, 3.8) is 0 Å². The standard InChI is InChI=1S/C22H16F12N2O2/c1-18(2,17(38)36-11-4-6-13(20(26,27)28)15(8-11)22(32,33)34)9-16(37)35-10-3-5-12(19(23,24)25)14(7-10)21(29,30)31/h3-8H,9H2,1-2H3,(H,35,37)(H,36,38). The molecule has 0 heterocycles. The zero-order chi connectivity index (χ0) is 29.5. The molecule has 0 saturated carbocycles. The fraction of sp³-hybridized carbons (Fsp3) is 0.364. The van der Waals surface area contributed by atoms with Crippen LogP contribution in [-0.4, -0.2) is 11.8 Å². The maximum Gasteiger partial charge on any atom is 0.417 e. The molecule has 0 aliphatic rings. The Morgan fingerprint density at radius 1 is 0.579 bits per heavy atom. The van der Waals surface area contributed by atoms with E-state index < -0.39 is 82.0 Å². The molecule has 0 saturated heterocycles. The van der Waals surface area contributed by atoms with Gasteiger partial charge in [0, 0.05) is 17.8 Å². The molecule has 0 fully saturated rings. The van der Waals surface area contributed by atoms with Gasteiger partial charge < -0.3 is 10.6 Å². The van der Waals surface area contributed by atoms with Gasteiger partial charge in [-0.05, 0) is 36.4 Å². The summed E-state index contributed by atoms with van der Waals surface area (Å²) in [5.74, 6) is -2.30. The summed E-state index contributed by atoms with van der Waals surface area (Å²) in [5.41, 5.74) is -11.3. The Balaban J connectivity index is 2.23. The number of nitrogens with one attached hydrogen (secondary N) is 2. The molecule has 0 aliphatic carbocycles. The predicted molar refractivity (Wildman–Crippen MR) is 109 cm³/mol. The van der Waals surface area contributed by atoms with Crippen molar-refractivity contribution in [1.82, 2.24) is 0 Å². The molecule has 2 N–H and O–H groups in total. The summed E-state index contributed by atoms with van der Waals surface area (Å²) in [7, 11) is 0. The Kier molecular flexibility index (Phi) is 8.11. The highest BCUT2D eigenvalue weighted by Gasteiger charge is 2.44. The predicted octanol–water partition coefficient (Wildman–Crippen LogP) is 7.76. The molecule has 0 bridgehead atoms. The minimum absolute atomic E-state index is 0.0364. The molecule has 0 aromatic heterocycles. The molecule has 0 atom stereocenters. The summed E-state index contributed by atoms with van der Waals surface area (Å²) >= 11 is 0. The van der Waals surface area contributed by atoms with E-state index in [0.717, 1.165) is 13.8 Å². The fourth-order valence-electron chi connectivity index (χ4n) is 3.19. The van der Waals surface area contributed by atoms with E-state index in [9.17, 15) is 62.3 Å². The summed E-state index contributed by atoms with van der Waals surface area (Å²) in [6.45, 7) is 2.18. The zero-order valence-corrected chi connectivity index (χ0v) is 19.0. The van der Waals surface area contributed by atoms with E-state index in [0.29, 0.717) is 12.1 Å². The summed E-state index contributed by atoms with van der Waals surface area (Å²) < 4.78 is 156. The van der Waals surface area contributed by atoms with Crippen LogP contribution in [0.3, 0.4) is 0 Å². The normalized spacial score (nSPS) is 13.3. The van der Waals surface area contributed by atoms with E-state index in [2.05, 4.69) is 0 Å². The summed E-state index contributed by atoms with van der Waals surface area (Å²) in [5, 5.41) is 3.84. The lowest BCUT2D eigenvalue weighted by Gasteiger charge is -2.24. The number of hydrogen-bond donors (Lipinski definition) is 2. The van der Waals surface area contributed by atoms with Gasteiger partial charge in [0.05, 0.1) is 27.7 Å². The third kappa shape index (κ3) is 7.54. The van der Waals surface area contributed by atoms with E-state index in [4.69, 9.17) is 0 Å². The Bertz CT molecular complexity index is 1210. The second-order valence-corrected chi connectivity index (χ2v) is 8.57. The van der Waals surface area contributed by atoms with Crippen molar-refractivity contribution in [2.45, 2.75) is 45.0 Å². The molecule has 2 rings (SSSR count). The number of carbonyl (C=O) groups is 2. The molecular weight excluding hydrogens is 552 g/mol. The van der Waals surface area contributed by atoms with Crippen molar-refractivity contribution in [1.29, 1.82) is 0 Å². The Labute approximate surface area is 206 Å². The quantitative estimate of drug-likeness (QED) is 0.363. The Hall–Kier alpha value is -3.46. The van der Waals surface area contributed by atoms with Crippen molar-refractivity contribution >= 4 is 23.2 Å². The van der Waals surface area contributed by atoms with Gasteiger partial charge in [-0.15, -0.1) is 0 Å². The molecule has 210 valence electrons. The SMILES string of the molecule is CC(C)(CC(=O)Nc1ccc(C(F)(F)F)c(C(F)(F)F)c1)C(=O)Nc1ccc(C(F)(F)F)c(C(F)(F)F)c1. The molecule has 0 radical (unpaired) electrons. The Morgan fingerprint density at radius 3 is 1.26 bits per heavy atom.